The quantitative estimate of drug-likeness (QED) is 0.599. The van der Waals surface area contributed by atoms with Crippen LogP contribution in [0.15, 0.2) is 67.0 Å². The van der Waals surface area contributed by atoms with Gasteiger partial charge in [-0.1, -0.05) is 54.6 Å². The minimum Gasteiger partial charge on any atom is -0.338 e. The van der Waals surface area contributed by atoms with Gasteiger partial charge >= 0.3 is 0 Å². The molecule has 0 unspecified atom stereocenters. The molecule has 5 rings (SSSR count). The minimum atomic E-state index is 0.154. The first-order valence-electron chi connectivity index (χ1n) is 9.50. The molecule has 138 valence electrons. The molecule has 0 aliphatic carbocycles. The van der Waals surface area contributed by atoms with E-state index in [-0.39, 0.29) is 5.91 Å². The SMILES string of the molecule is O=C(Cc1ccccc1-c1ccccc1)N1CCc2c(cnc3[nH]ncc23)C1. The van der Waals surface area contributed by atoms with Gasteiger partial charge in [0, 0.05) is 24.7 Å². The molecule has 28 heavy (non-hydrogen) atoms. The predicted molar refractivity (Wildman–Crippen MR) is 109 cm³/mol. The molecule has 5 nitrogen and oxygen atoms in total. The summed E-state index contributed by atoms with van der Waals surface area (Å²) in [6.45, 7) is 1.33. The Morgan fingerprint density at radius 1 is 1.04 bits per heavy atom. The number of carbonyl (C=O) groups is 1. The topological polar surface area (TPSA) is 61.9 Å². The van der Waals surface area contributed by atoms with Gasteiger partial charge in [-0.15, -0.1) is 0 Å². The number of amides is 1. The molecule has 1 amide bonds. The summed E-state index contributed by atoms with van der Waals surface area (Å²) in [5.74, 6) is 0.154. The summed E-state index contributed by atoms with van der Waals surface area (Å²) in [5, 5.41) is 8.07. The summed E-state index contributed by atoms with van der Waals surface area (Å²) < 4.78 is 0. The number of pyridine rings is 1. The van der Waals surface area contributed by atoms with Crippen LogP contribution in [0.2, 0.25) is 0 Å². The molecule has 0 bridgehead atoms. The van der Waals surface area contributed by atoms with Crippen molar-refractivity contribution >= 4 is 16.9 Å². The lowest BCUT2D eigenvalue weighted by atomic mass is 9.96. The number of hydrogen-bond acceptors (Lipinski definition) is 3. The standard InChI is InChI=1S/C23H20N4O/c28-22(12-17-8-4-5-9-19(17)16-6-2-1-3-7-16)27-11-10-20-18(15-27)13-24-23-21(20)14-25-26-23/h1-9,13-14H,10-12,15H2,(H,24,25,26). The number of aromatic amines is 1. The normalized spacial score (nSPS) is 13.5. The molecule has 0 fully saturated rings. The summed E-state index contributed by atoms with van der Waals surface area (Å²) in [6.07, 6.45) is 4.93. The van der Waals surface area contributed by atoms with E-state index >= 15 is 0 Å². The number of hydrogen-bond donors (Lipinski definition) is 1. The van der Waals surface area contributed by atoms with E-state index in [1.54, 1.807) is 0 Å². The Balaban J connectivity index is 1.39. The number of nitrogens with one attached hydrogen (secondary N) is 1. The lowest BCUT2D eigenvalue weighted by Gasteiger charge is -2.29. The smallest absolute Gasteiger partial charge is 0.227 e. The molecular formula is C23H20N4O. The average molecular weight is 368 g/mol. The Morgan fingerprint density at radius 2 is 1.86 bits per heavy atom. The number of rotatable bonds is 3. The lowest BCUT2D eigenvalue weighted by Crippen LogP contribution is -2.37. The van der Waals surface area contributed by atoms with E-state index in [4.69, 9.17) is 0 Å². The first-order chi connectivity index (χ1) is 13.8. The van der Waals surface area contributed by atoms with E-state index in [1.165, 1.54) is 5.56 Å². The van der Waals surface area contributed by atoms with Crippen molar-refractivity contribution in [2.45, 2.75) is 19.4 Å². The van der Waals surface area contributed by atoms with Crippen molar-refractivity contribution in [3.8, 4) is 11.1 Å². The summed E-state index contributed by atoms with van der Waals surface area (Å²) in [7, 11) is 0. The van der Waals surface area contributed by atoms with E-state index in [1.807, 2.05) is 47.6 Å². The number of fused-ring (bicyclic) bond motifs is 3. The van der Waals surface area contributed by atoms with E-state index in [0.717, 1.165) is 46.3 Å². The van der Waals surface area contributed by atoms with E-state index in [2.05, 4.69) is 39.4 Å². The summed E-state index contributed by atoms with van der Waals surface area (Å²) in [4.78, 5) is 19.4. The second kappa shape index (κ2) is 6.93. The van der Waals surface area contributed by atoms with Gasteiger partial charge in [0.1, 0.15) is 0 Å². The van der Waals surface area contributed by atoms with Crippen LogP contribution in [-0.4, -0.2) is 32.5 Å². The zero-order valence-electron chi connectivity index (χ0n) is 15.4. The van der Waals surface area contributed by atoms with Gasteiger partial charge in [0.25, 0.3) is 0 Å². The third kappa shape index (κ3) is 2.95. The number of H-pyrrole nitrogens is 1. The van der Waals surface area contributed by atoms with Crippen molar-refractivity contribution in [3.63, 3.8) is 0 Å². The molecule has 0 atom stereocenters. The van der Waals surface area contributed by atoms with Crippen LogP contribution in [0, 0.1) is 0 Å². The predicted octanol–water partition coefficient (Wildman–Crippen LogP) is 3.75. The maximum Gasteiger partial charge on any atom is 0.227 e. The van der Waals surface area contributed by atoms with Gasteiger partial charge < -0.3 is 4.90 Å². The molecular weight excluding hydrogens is 348 g/mol. The molecule has 5 heteroatoms. The van der Waals surface area contributed by atoms with E-state index < -0.39 is 0 Å². The third-order valence-corrected chi connectivity index (χ3v) is 5.47. The summed E-state index contributed by atoms with van der Waals surface area (Å²) >= 11 is 0. The lowest BCUT2D eigenvalue weighted by molar-refractivity contribution is -0.131. The summed E-state index contributed by atoms with van der Waals surface area (Å²) in [5.41, 5.74) is 6.51. The summed E-state index contributed by atoms with van der Waals surface area (Å²) in [6, 6.07) is 18.4. The fraction of sp³-hybridized carbons (Fsp3) is 0.174. The van der Waals surface area contributed by atoms with E-state index in [9.17, 15) is 4.79 Å². The number of nitrogens with zero attached hydrogens (tertiary/aromatic N) is 3. The highest BCUT2D eigenvalue weighted by atomic mass is 16.2. The zero-order chi connectivity index (χ0) is 18.9. The first-order valence-corrected chi connectivity index (χ1v) is 9.50. The van der Waals surface area contributed by atoms with Gasteiger partial charge in [0.15, 0.2) is 5.65 Å². The van der Waals surface area contributed by atoms with Crippen molar-refractivity contribution in [1.82, 2.24) is 20.1 Å². The molecule has 2 aromatic carbocycles. The number of carbonyl (C=O) groups excluding carboxylic acids is 1. The van der Waals surface area contributed by atoms with Gasteiger partial charge in [0.2, 0.25) is 5.91 Å². The van der Waals surface area contributed by atoms with E-state index in [0.29, 0.717) is 13.0 Å². The molecule has 4 aromatic rings. The second-order valence-electron chi connectivity index (χ2n) is 7.16. The fourth-order valence-corrected chi connectivity index (χ4v) is 4.02. The second-order valence-corrected chi connectivity index (χ2v) is 7.16. The molecule has 0 radical (unpaired) electrons. The molecule has 0 saturated carbocycles. The van der Waals surface area contributed by atoms with Crippen molar-refractivity contribution in [2.24, 2.45) is 0 Å². The molecule has 0 spiro atoms. The van der Waals surface area contributed by atoms with Crippen LogP contribution >= 0.6 is 0 Å². The molecule has 3 heterocycles. The van der Waals surface area contributed by atoms with Gasteiger partial charge in [0.05, 0.1) is 12.6 Å². The van der Waals surface area contributed by atoms with Crippen LogP contribution < -0.4 is 0 Å². The fourth-order valence-electron chi connectivity index (χ4n) is 4.02. The Kier molecular flexibility index (Phi) is 4.13. The van der Waals surface area contributed by atoms with Gasteiger partial charge in [-0.3, -0.25) is 9.89 Å². The molecule has 1 aliphatic heterocycles. The van der Waals surface area contributed by atoms with Crippen LogP contribution in [0.5, 0.6) is 0 Å². The highest BCUT2D eigenvalue weighted by Gasteiger charge is 2.23. The Bertz CT molecular complexity index is 1150. The van der Waals surface area contributed by atoms with Crippen molar-refractivity contribution in [3.05, 3.63) is 83.7 Å². The van der Waals surface area contributed by atoms with Crippen LogP contribution in [0.4, 0.5) is 0 Å². The number of aromatic nitrogens is 3. The highest BCUT2D eigenvalue weighted by molar-refractivity contribution is 5.84. The van der Waals surface area contributed by atoms with Crippen LogP contribution in [-0.2, 0) is 24.2 Å². The van der Waals surface area contributed by atoms with Crippen LogP contribution in [0.3, 0.4) is 0 Å². The molecule has 0 saturated heterocycles. The Hall–Kier alpha value is -3.47. The minimum absolute atomic E-state index is 0.154. The van der Waals surface area contributed by atoms with Crippen LogP contribution in [0.1, 0.15) is 16.7 Å². The first kappa shape index (κ1) is 16.7. The maximum atomic E-state index is 13.1. The van der Waals surface area contributed by atoms with Crippen LogP contribution in [0.25, 0.3) is 22.2 Å². The molecule has 1 aliphatic rings. The molecule has 1 N–H and O–H groups in total. The Labute approximate surface area is 163 Å². The average Bonchev–Trinajstić information content (AvgIpc) is 3.24. The van der Waals surface area contributed by atoms with Crippen molar-refractivity contribution < 1.29 is 4.79 Å². The van der Waals surface area contributed by atoms with Gasteiger partial charge in [-0.25, -0.2) is 4.98 Å². The van der Waals surface area contributed by atoms with Crippen molar-refractivity contribution in [2.75, 3.05) is 6.54 Å². The Morgan fingerprint density at radius 3 is 2.75 bits per heavy atom. The third-order valence-electron chi connectivity index (χ3n) is 5.47. The zero-order valence-corrected chi connectivity index (χ0v) is 15.4. The van der Waals surface area contributed by atoms with Gasteiger partial charge in [-0.2, -0.15) is 5.10 Å². The molecule has 2 aromatic heterocycles. The monoisotopic (exact) mass is 368 g/mol. The number of benzene rings is 2. The largest absolute Gasteiger partial charge is 0.338 e. The maximum absolute atomic E-state index is 13.1. The van der Waals surface area contributed by atoms with Gasteiger partial charge in [-0.05, 0) is 34.2 Å². The van der Waals surface area contributed by atoms with Crippen molar-refractivity contribution in [1.29, 1.82) is 0 Å². The highest BCUT2D eigenvalue weighted by Crippen LogP contribution is 2.27.